The van der Waals surface area contributed by atoms with E-state index in [1.54, 1.807) is 11.1 Å². The number of carbonyl (C=O) groups excluding carboxylic acids is 2. The smallest absolute Gasteiger partial charge is 0.257 e. The van der Waals surface area contributed by atoms with E-state index in [9.17, 15) is 14.7 Å². The van der Waals surface area contributed by atoms with Crippen LogP contribution in [0, 0.1) is 0 Å². The first-order chi connectivity index (χ1) is 14.5. The van der Waals surface area contributed by atoms with Gasteiger partial charge < -0.3 is 14.9 Å². The van der Waals surface area contributed by atoms with Crippen molar-refractivity contribution in [1.29, 1.82) is 0 Å². The van der Waals surface area contributed by atoms with Crippen LogP contribution in [0.15, 0.2) is 48.0 Å². The van der Waals surface area contributed by atoms with Crippen LogP contribution in [0.2, 0.25) is 0 Å². The highest BCUT2D eigenvalue weighted by molar-refractivity contribution is 7.14. The topological polar surface area (TPSA) is 98.7 Å². The van der Waals surface area contributed by atoms with E-state index < -0.39 is 5.91 Å². The second kappa shape index (κ2) is 8.60. The molecule has 0 saturated carbocycles. The number of nitrogens with one attached hydrogen (secondary N) is 1. The number of nitrogens with zero attached hydrogens (tertiary/aromatic N) is 4. The molecule has 0 aliphatic carbocycles. The summed E-state index contributed by atoms with van der Waals surface area (Å²) in [6, 6.07) is 9.76. The molecule has 2 amide bonds. The van der Waals surface area contributed by atoms with Gasteiger partial charge in [-0.05, 0) is 37.4 Å². The molecular formula is C21H21N5O3S. The normalized spacial score (nSPS) is 14.5. The third-order valence-corrected chi connectivity index (χ3v) is 5.63. The maximum atomic E-state index is 12.8. The number of rotatable bonds is 4. The first kappa shape index (κ1) is 20.0. The van der Waals surface area contributed by atoms with E-state index in [1.807, 2.05) is 30.6 Å². The Hall–Kier alpha value is -3.30. The quantitative estimate of drug-likeness (QED) is 0.669. The van der Waals surface area contributed by atoms with Gasteiger partial charge in [-0.15, -0.1) is 11.3 Å². The lowest BCUT2D eigenvalue weighted by Gasteiger charge is -2.32. The SMILES string of the molecule is CN1CCN(C(=O)c2cc(O)cc(C(=O)Nc3nc(-c4ccccn4)cs3)c2)CC1. The Morgan fingerprint density at radius 3 is 2.57 bits per heavy atom. The number of carbonyl (C=O) groups is 2. The van der Waals surface area contributed by atoms with Gasteiger partial charge in [0, 0.05) is 48.9 Å². The van der Waals surface area contributed by atoms with E-state index in [4.69, 9.17) is 0 Å². The van der Waals surface area contributed by atoms with Gasteiger partial charge in [0.1, 0.15) is 11.4 Å². The van der Waals surface area contributed by atoms with E-state index >= 15 is 0 Å². The number of phenolic OH excluding ortho intramolecular Hbond substituents is 1. The highest BCUT2D eigenvalue weighted by Gasteiger charge is 2.22. The molecule has 1 aliphatic heterocycles. The van der Waals surface area contributed by atoms with Crippen molar-refractivity contribution in [1.82, 2.24) is 19.8 Å². The van der Waals surface area contributed by atoms with Crippen LogP contribution >= 0.6 is 11.3 Å². The van der Waals surface area contributed by atoms with Gasteiger partial charge in [-0.2, -0.15) is 0 Å². The van der Waals surface area contributed by atoms with Crippen LogP contribution in [0.5, 0.6) is 5.75 Å². The molecule has 4 rings (SSSR count). The van der Waals surface area contributed by atoms with Crippen LogP contribution in [-0.2, 0) is 0 Å². The second-order valence-electron chi connectivity index (χ2n) is 7.07. The van der Waals surface area contributed by atoms with Crippen molar-refractivity contribution in [3.63, 3.8) is 0 Å². The van der Waals surface area contributed by atoms with Crippen molar-refractivity contribution in [3.8, 4) is 17.1 Å². The van der Waals surface area contributed by atoms with Crippen LogP contribution in [0.1, 0.15) is 20.7 Å². The molecule has 0 atom stereocenters. The fraction of sp³-hybridized carbons (Fsp3) is 0.238. The minimum absolute atomic E-state index is 0.131. The molecule has 3 heterocycles. The van der Waals surface area contributed by atoms with E-state index in [0.717, 1.165) is 13.1 Å². The number of thiazole rings is 1. The molecule has 1 saturated heterocycles. The predicted molar refractivity (Wildman–Crippen MR) is 115 cm³/mol. The van der Waals surface area contributed by atoms with E-state index in [0.29, 0.717) is 29.6 Å². The average Bonchev–Trinajstić information content (AvgIpc) is 3.22. The summed E-state index contributed by atoms with van der Waals surface area (Å²) in [5.41, 5.74) is 1.87. The fourth-order valence-electron chi connectivity index (χ4n) is 3.19. The van der Waals surface area contributed by atoms with Crippen molar-refractivity contribution >= 4 is 28.3 Å². The number of amides is 2. The molecule has 9 heteroatoms. The Labute approximate surface area is 177 Å². The number of likely N-dealkylation sites (N-methyl/N-ethyl adjacent to an activating group) is 1. The summed E-state index contributed by atoms with van der Waals surface area (Å²) in [7, 11) is 2.01. The van der Waals surface area contributed by atoms with Gasteiger partial charge >= 0.3 is 0 Å². The summed E-state index contributed by atoms with van der Waals surface area (Å²) in [6.45, 7) is 2.81. The van der Waals surface area contributed by atoms with E-state index in [1.165, 1.54) is 29.5 Å². The number of aromatic nitrogens is 2. The number of piperazine rings is 1. The highest BCUT2D eigenvalue weighted by atomic mass is 32.1. The zero-order valence-corrected chi connectivity index (χ0v) is 17.2. The average molecular weight is 423 g/mol. The first-order valence-corrected chi connectivity index (χ1v) is 10.4. The fourth-order valence-corrected chi connectivity index (χ4v) is 3.89. The number of phenols is 1. The third-order valence-electron chi connectivity index (χ3n) is 4.87. The Morgan fingerprint density at radius 1 is 1.07 bits per heavy atom. The molecule has 2 N–H and O–H groups in total. The zero-order valence-electron chi connectivity index (χ0n) is 16.4. The lowest BCUT2D eigenvalue weighted by Crippen LogP contribution is -2.47. The number of pyridine rings is 1. The summed E-state index contributed by atoms with van der Waals surface area (Å²) < 4.78 is 0. The zero-order chi connectivity index (χ0) is 21.1. The van der Waals surface area contributed by atoms with E-state index in [2.05, 4.69) is 20.2 Å². The standard InChI is InChI=1S/C21H21N5O3S/c1-25-6-8-26(9-7-25)20(29)15-10-14(11-16(27)12-15)19(28)24-21-23-18(13-30-21)17-4-2-3-5-22-17/h2-5,10-13,27H,6-9H2,1H3,(H,23,24,28). The highest BCUT2D eigenvalue weighted by Crippen LogP contribution is 2.24. The van der Waals surface area contributed by atoms with Crippen molar-refractivity contribution in [2.75, 3.05) is 38.5 Å². The molecule has 154 valence electrons. The second-order valence-corrected chi connectivity index (χ2v) is 7.93. The minimum atomic E-state index is -0.444. The number of hydrogen-bond donors (Lipinski definition) is 2. The van der Waals surface area contributed by atoms with Crippen LogP contribution in [0.4, 0.5) is 5.13 Å². The third kappa shape index (κ3) is 4.47. The van der Waals surface area contributed by atoms with Crippen molar-refractivity contribution in [3.05, 3.63) is 59.1 Å². The Kier molecular flexibility index (Phi) is 5.73. The number of hydrogen-bond acceptors (Lipinski definition) is 7. The predicted octanol–water partition coefficient (Wildman–Crippen LogP) is 2.55. The Bertz CT molecular complexity index is 1060. The van der Waals surface area contributed by atoms with Crippen molar-refractivity contribution in [2.24, 2.45) is 0 Å². The maximum Gasteiger partial charge on any atom is 0.257 e. The molecule has 30 heavy (non-hydrogen) atoms. The lowest BCUT2D eigenvalue weighted by atomic mass is 10.1. The molecule has 1 aliphatic rings. The van der Waals surface area contributed by atoms with Gasteiger partial charge in [0.2, 0.25) is 0 Å². The summed E-state index contributed by atoms with van der Waals surface area (Å²) >= 11 is 1.28. The van der Waals surface area contributed by atoms with Crippen LogP contribution in [0.3, 0.4) is 0 Å². The molecule has 2 aromatic heterocycles. The molecular weight excluding hydrogens is 402 g/mol. The molecule has 8 nitrogen and oxygen atoms in total. The Morgan fingerprint density at radius 2 is 1.83 bits per heavy atom. The van der Waals surface area contributed by atoms with Gasteiger partial charge in [0.05, 0.1) is 5.69 Å². The maximum absolute atomic E-state index is 12.8. The summed E-state index contributed by atoms with van der Waals surface area (Å²) in [4.78, 5) is 38.0. The number of benzene rings is 1. The molecule has 1 fully saturated rings. The van der Waals surface area contributed by atoms with Crippen molar-refractivity contribution < 1.29 is 14.7 Å². The van der Waals surface area contributed by atoms with Gasteiger partial charge in [0.25, 0.3) is 11.8 Å². The Balaban J connectivity index is 1.49. The number of aromatic hydroxyl groups is 1. The molecule has 1 aromatic carbocycles. The van der Waals surface area contributed by atoms with Crippen LogP contribution in [0.25, 0.3) is 11.4 Å². The monoisotopic (exact) mass is 423 g/mol. The van der Waals surface area contributed by atoms with Gasteiger partial charge in [-0.3, -0.25) is 19.9 Å². The van der Waals surface area contributed by atoms with Crippen molar-refractivity contribution in [2.45, 2.75) is 0 Å². The molecule has 0 unspecified atom stereocenters. The summed E-state index contributed by atoms with van der Waals surface area (Å²) in [5.74, 6) is -0.770. The molecule has 0 spiro atoms. The van der Waals surface area contributed by atoms with E-state index in [-0.39, 0.29) is 22.8 Å². The lowest BCUT2D eigenvalue weighted by molar-refractivity contribution is 0.0663. The largest absolute Gasteiger partial charge is 0.508 e. The van der Waals surface area contributed by atoms with Crippen LogP contribution in [-0.4, -0.2) is 69.9 Å². The molecule has 0 bridgehead atoms. The minimum Gasteiger partial charge on any atom is -0.508 e. The molecule has 3 aromatic rings. The van der Waals surface area contributed by atoms with Gasteiger partial charge in [-0.1, -0.05) is 6.07 Å². The summed E-state index contributed by atoms with van der Waals surface area (Å²) in [6.07, 6.45) is 1.68. The summed E-state index contributed by atoms with van der Waals surface area (Å²) in [5, 5.41) is 15.0. The van der Waals surface area contributed by atoms with Gasteiger partial charge in [0.15, 0.2) is 5.13 Å². The first-order valence-electron chi connectivity index (χ1n) is 9.50. The molecule has 0 radical (unpaired) electrons. The van der Waals surface area contributed by atoms with Gasteiger partial charge in [-0.25, -0.2) is 4.98 Å². The number of anilines is 1. The van der Waals surface area contributed by atoms with Crippen LogP contribution < -0.4 is 5.32 Å².